The van der Waals surface area contributed by atoms with E-state index in [1.165, 1.54) is 12.8 Å². The number of fused-ring (bicyclic) bond motifs is 2. The highest BCUT2D eigenvalue weighted by Gasteiger charge is 2.40. The SMILES string of the molecule is CCCCCC(=O)OCC1C(CO)[C@@H]2C=C[C@H]1CC2. The number of aliphatic hydroxyl groups excluding tert-OH is 1. The van der Waals surface area contributed by atoms with Crippen molar-refractivity contribution in [3.63, 3.8) is 0 Å². The van der Waals surface area contributed by atoms with Gasteiger partial charge in [-0.15, -0.1) is 0 Å². The van der Waals surface area contributed by atoms with E-state index in [-0.39, 0.29) is 18.5 Å². The van der Waals surface area contributed by atoms with Crippen molar-refractivity contribution in [2.75, 3.05) is 13.2 Å². The Morgan fingerprint density at radius 2 is 1.89 bits per heavy atom. The summed E-state index contributed by atoms with van der Waals surface area (Å²) in [5.41, 5.74) is 0. The first kappa shape index (κ1) is 14.6. The molecule has 3 heteroatoms. The zero-order chi connectivity index (χ0) is 13.7. The summed E-state index contributed by atoms with van der Waals surface area (Å²) >= 11 is 0. The Balaban J connectivity index is 1.78. The molecule has 1 fully saturated rings. The Morgan fingerprint density at radius 1 is 1.21 bits per heavy atom. The smallest absolute Gasteiger partial charge is 0.305 e. The fraction of sp³-hybridized carbons (Fsp3) is 0.812. The molecule has 2 unspecified atom stereocenters. The maximum Gasteiger partial charge on any atom is 0.305 e. The summed E-state index contributed by atoms with van der Waals surface area (Å²) in [6.07, 6.45) is 10.5. The van der Waals surface area contributed by atoms with E-state index in [0.717, 1.165) is 19.3 Å². The Kier molecular flexibility index (Phi) is 5.44. The highest BCUT2D eigenvalue weighted by Crippen LogP contribution is 2.44. The zero-order valence-electron chi connectivity index (χ0n) is 11.9. The lowest BCUT2D eigenvalue weighted by molar-refractivity contribution is -0.147. The minimum Gasteiger partial charge on any atom is -0.465 e. The molecular weight excluding hydrogens is 240 g/mol. The molecule has 0 aliphatic heterocycles. The summed E-state index contributed by atoms with van der Waals surface area (Å²) in [6, 6.07) is 0. The van der Waals surface area contributed by atoms with Gasteiger partial charge < -0.3 is 9.84 Å². The number of rotatable bonds is 7. The fourth-order valence-corrected chi connectivity index (χ4v) is 3.51. The van der Waals surface area contributed by atoms with E-state index in [4.69, 9.17) is 4.74 Å². The molecule has 1 N–H and O–H groups in total. The van der Waals surface area contributed by atoms with Crippen molar-refractivity contribution in [2.45, 2.75) is 45.4 Å². The van der Waals surface area contributed by atoms with E-state index in [0.29, 0.717) is 30.8 Å². The summed E-state index contributed by atoms with van der Waals surface area (Å²) in [5, 5.41) is 9.55. The van der Waals surface area contributed by atoms with Gasteiger partial charge in [-0.3, -0.25) is 4.79 Å². The predicted molar refractivity (Wildman–Crippen MR) is 74.5 cm³/mol. The van der Waals surface area contributed by atoms with Gasteiger partial charge in [-0.25, -0.2) is 0 Å². The second-order valence-electron chi connectivity index (χ2n) is 5.94. The number of unbranched alkanes of at least 4 members (excludes halogenated alkanes) is 2. The first-order valence-corrected chi connectivity index (χ1v) is 7.71. The van der Waals surface area contributed by atoms with Gasteiger partial charge in [0.25, 0.3) is 0 Å². The molecule has 3 aliphatic carbocycles. The van der Waals surface area contributed by atoms with Gasteiger partial charge in [0.15, 0.2) is 0 Å². The number of allylic oxidation sites excluding steroid dienone is 2. The molecule has 0 aromatic rings. The lowest BCUT2D eigenvalue weighted by Gasteiger charge is -2.44. The van der Waals surface area contributed by atoms with Crippen LogP contribution in [0.4, 0.5) is 0 Å². The largest absolute Gasteiger partial charge is 0.465 e. The average molecular weight is 266 g/mol. The molecule has 0 aromatic carbocycles. The molecule has 4 atom stereocenters. The molecule has 19 heavy (non-hydrogen) atoms. The van der Waals surface area contributed by atoms with Gasteiger partial charge in [0.2, 0.25) is 0 Å². The van der Waals surface area contributed by atoms with Crippen molar-refractivity contribution in [1.82, 2.24) is 0 Å². The average Bonchev–Trinajstić information content (AvgIpc) is 2.46. The van der Waals surface area contributed by atoms with Gasteiger partial charge in [0.1, 0.15) is 0 Å². The number of carbonyl (C=O) groups is 1. The van der Waals surface area contributed by atoms with Crippen molar-refractivity contribution in [1.29, 1.82) is 0 Å². The normalized spacial score (nSPS) is 32.5. The topological polar surface area (TPSA) is 46.5 Å². The summed E-state index contributed by atoms with van der Waals surface area (Å²) in [6.45, 7) is 2.83. The molecule has 0 aromatic heterocycles. The Labute approximate surface area is 116 Å². The van der Waals surface area contributed by atoms with Crippen LogP contribution >= 0.6 is 0 Å². The van der Waals surface area contributed by atoms with Gasteiger partial charge >= 0.3 is 5.97 Å². The van der Waals surface area contributed by atoms with Gasteiger partial charge in [0.05, 0.1) is 6.61 Å². The maximum absolute atomic E-state index is 11.7. The van der Waals surface area contributed by atoms with Crippen LogP contribution in [0.25, 0.3) is 0 Å². The second kappa shape index (κ2) is 7.09. The van der Waals surface area contributed by atoms with E-state index in [1.54, 1.807) is 0 Å². The molecule has 0 radical (unpaired) electrons. The third-order valence-corrected chi connectivity index (χ3v) is 4.72. The molecule has 0 heterocycles. The number of ether oxygens (including phenoxy) is 1. The van der Waals surface area contributed by atoms with E-state index < -0.39 is 0 Å². The Bertz CT molecular complexity index is 324. The van der Waals surface area contributed by atoms with Crippen LogP contribution in [0.15, 0.2) is 12.2 Å². The number of aliphatic hydroxyl groups is 1. The van der Waals surface area contributed by atoms with Crippen molar-refractivity contribution in [3.05, 3.63) is 12.2 Å². The van der Waals surface area contributed by atoms with Crippen molar-refractivity contribution >= 4 is 5.97 Å². The van der Waals surface area contributed by atoms with Crippen LogP contribution in [0, 0.1) is 23.7 Å². The molecule has 3 rings (SSSR count). The summed E-state index contributed by atoms with van der Waals surface area (Å²) in [4.78, 5) is 11.7. The van der Waals surface area contributed by atoms with Crippen LogP contribution in [-0.4, -0.2) is 24.3 Å². The van der Waals surface area contributed by atoms with Crippen LogP contribution in [0.2, 0.25) is 0 Å². The quantitative estimate of drug-likeness (QED) is 0.438. The molecule has 108 valence electrons. The monoisotopic (exact) mass is 266 g/mol. The van der Waals surface area contributed by atoms with E-state index >= 15 is 0 Å². The lowest BCUT2D eigenvalue weighted by atomic mass is 9.63. The van der Waals surface area contributed by atoms with Gasteiger partial charge in [0, 0.05) is 18.9 Å². The zero-order valence-corrected chi connectivity index (χ0v) is 11.9. The molecule has 0 amide bonds. The Hall–Kier alpha value is -0.830. The van der Waals surface area contributed by atoms with Crippen LogP contribution in [0.5, 0.6) is 0 Å². The van der Waals surface area contributed by atoms with Crippen LogP contribution in [0.1, 0.15) is 45.4 Å². The standard InChI is InChI=1S/C16H26O3/c1-2-3-4-5-16(18)19-11-15-13-8-6-12(7-9-13)14(15)10-17/h6,8,12-15,17H,2-5,7,9-11H2,1H3/t12-,13+,14?,15?/m1/s1. The highest BCUT2D eigenvalue weighted by atomic mass is 16.5. The minimum atomic E-state index is -0.0735. The van der Waals surface area contributed by atoms with Crippen LogP contribution in [0.3, 0.4) is 0 Å². The van der Waals surface area contributed by atoms with Crippen molar-refractivity contribution in [3.8, 4) is 0 Å². The molecule has 0 spiro atoms. The molecule has 1 saturated carbocycles. The Morgan fingerprint density at radius 3 is 2.47 bits per heavy atom. The first-order valence-electron chi connectivity index (χ1n) is 7.71. The van der Waals surface area contributed by atoms with Crippen molar-refractivity contribution in [2.24, 2.45) is 23.7 Å². The molecule has 3 nitrogen and oxygen atoms in total. The third kappa shape index (κ3) is 3.59. The number of hydrogen-bond donors (Lipinski definition) is 1. The molecular formula is C16H26O3. The predicted octanol–water partition coefficient (Wildman–Crippen LogP) is 2.93. The van der Waals surface area contributed by atoms with Gasteiger partial charge in [-0.1, -0.05) is 31.9 Å². The molecule has 2 bridgehead atoms. The third-order valence-electron chi connectivity index (χ3n) is 4.72. The van der Waals surface area contributed by atoms with E-state index in [2.05, 4.69) is 19.1 Å². The fourth-order valence-electron chi connectivity index (χ4n) is 3.51. The maximum atomic E-state index is 11.7. The van der Waals surface area contributed by atoms with Crippen LogP contribution in [-0.2, 0) is 9.53 Å². The summed E-state index contributed by atoms with van der Waals surface area (Å²) in [7, 11) is 0. The summed E-state index contributed by atoms with van der Waals surface area (Å²) < 4.78 is 5.43. The number of esters is 1. The second-order valence-corrected chi connectivity index (χ2v) is 5.94. The molecule has 3 aliphatic rings. The summed E-state index contributed by atoms with van der Waals surface area (Å²) in [5.74, 6) is 1.51. The van der Waals surface area contributed by atoms with Crippen LogP contribution < -0.4 is 0 Å². The van der Waals surface area contributed by atoms with E-state index in [1.807, 2.05) is 0 Å². The lowest BCUT2D eigenvalue weighted by Crippen LogP contribution is -2.41. The van der Waals surface area contributed by atoms with Gasteiger partial charge in [-0.05, 0) is 37.0 Å². The van der Waals surface area contributed by atoms with E-state index in [9.17, 15) is 9.90 Å². The van der Waals surface area contributed by atoms with Crippen molar-refractivity contribution < 1.29 is 14.6 Å². The van der Waals surface area contributed by atoms with Gasteiger partial charge in [-0.2, -0.15) is 0 Å². The minimum absolute atomic E-state index is 0.0735. The highest BCUT2D eigenvalue weighted by molar-refractivity contribution is 5.69. The number of hydrogen-bond acceptors (Lipinski definition) is 3. The number of carbonyl (C=O) groups excluding carboxylic acids is 1. The first-order chi connectivity index (χ1) is 9.26. The molecule has 0 saturated heterocycles.